The molecule has 0 aromatic rings. The summed E-state index contributed by atoms with van der Waals surface area (Å²) in [5, 5.41) is 17.9. The maximum Gasteiger partial charge on any atom is 0.212 e. The van der Waals surface area contributed by atoms with E-state index in [0.717, 1.165) is 17.7 Å². The van der Waals surface area contributed by atoms with E-state index in [-0.39, 0.29) is 18.2 Å². The average molecular weight is 414 g/mol. The first-order valence-corrected chi connectivity index (χ1v) is 10.6. The van der Waals surface area contributed by atoms with E-state index in [4.69, 9.17) is 16.7 Å². The van der Waals surface area contributed by atoms with Gasteiger partial charge in [-0.05, 0) is 50.0 Å². The Hall–Kier alpha value is -1.64. The number of aliphatic hydroxyl groups is 1. The molecule has 0 saturated carbocycles. The van der Waals surface area contributed by atoms with Gasteiger partial charge in [0.1, 0.15) is 6.23 Å². The number of hydrogen-bond acceptors (Lipinski definition) is 5. The molecule has 1 heterocycles. The second-order valence-corrected chi connectivity index (χ2v) is 8.38. The number of halogens is 1. The summed E-state index contributed by atoms with van der Waals surface area (Å²) < 4.78 is 22.6. The molecule has 1 aliphatic rings. The first kappa shape index (κ1) is 23.4. The van der Waals surface area contributed by atoms with Crippen LogP contribution in [0.15, 0.2) is 71.5 Å². The van der Waals surface area contributed by atoms with Crippen molar-refractivity contribution in [3.8, 4) is 0 Å². The van der Waals surface area contributed by atoms with Gasteiger partial charge >= 0.3 is 0 Å². The van der Waals surface area contributed by atoms with E-state index in [2.05, 4.69) is 18.6 Å². The number of hydrazine groups is 1. The molecule has 0 saturated heterocycles. The zero-order valence-electron chi connectivity index (χ0n) is 15.7. The largest absolute Gasteiger partial charge is 0.373 e. The number of nitrogens with zero attached hydrogens (tertiary/aromatic N) is 1. The molecule has 0 aliphatic carbocycles. The fraction of sp³-hybridized carbons (Fsp3) is 0.368. The Balaban J connectivity index is 3.05. The molecule has 8 heteroatoms. The smallest absolute Gasteiger partial charge is 0.212 e. The van der Waals surface area contributed by atoms with Crippen molar-refractivity contribution >= 4 is 21.6 Å². The Morgan fingerprint density at radius 1 is 1.56 bits per heavy atom. The summed E-state index contributed by atoms with van der Waals surface area (Å²) in [6, 6.07) is 0.0940. The number of hydrogen-bond donors (Lipinski definition) is 3. The quantitative estimate of drug-likeness (QED) is 0.291. The zero-order chi connectivity index (χ0) is 20.6. The van der Waals surface area contributed by atoms with Crippen LogP contribution in [0.4, 0.5) is 0 Å². The third-order valence-corrected chi connectivity index (χ3v) is 4.71. The molecule has 0 bridgehead atoms. The summed E-state index contributed by atoms with van der Waals surface area (Å²) in [5.74, 6) is -0.375. The van der Waals surface area contributed by atoms with Crippen LogP contribution in [-0.4, -0.2) is 36.6 Å². The van der Waals surface area contributed by atoms with Crippen molar-refractivity contribution in [1.29, 1.82) is 0 Å². The molecule has 0 radical (unpaired) electrons. The molecule has 150 valence electrons. The lowest BCUT2D eigenvalue weighted by atomic mass is 10.1. The van der Waals surface area contributed by atoms with E-state index in [1.54, 1.807) is 18.2 Å². The number of allylic oxidation sites excluding steroid dienone is 6. The normalized spacial score (nSPS) is 20.1. The fourth-order valence-electron chi connectivity index (χ4n) is 2.75. The summed E-state index contributed by atoms with van der Waals surface area (Å²) in [6.07, 6.45) is 10.3. The van der Waals surface area contributed by atoms with Gasteiger partial charge in [-0.25, -0.2) is 19.0 Å². The first-order chi connectivity index (χ1) is 12.6. The topological polar surface area (TPSA) is 95.7 Å². The molecular weight excluding hydrogens is 386 g/mol. The molecule has 2 atom stereocenters. The third-order valence-electron chi connectivity index (χ3n) is 3.95. The molecule has 0 aromatic carbocycles. The van der Waals surface area contributed by atoms with Gasteiger partial charge in [0.15, 0.2) is 0 Å². The molecule has 4 N–H and O–H groups in total. The maximum atomic E-state index is 11.3. The van der Waals surface area contributed by atoms with E-state index < -0.39 is 16.3 Å². The number of rotatable bonds is 10. The van der Waals surface area contributed by atoms with Crippen molar-refractivity contribution in [2.75, 3.05) is 5.75 Å². The minimum atomic E-state index is -3.69. The summed E-state index contributed by atoms with van der Waals surface area (Å²) in [5.41, 5.74) is 5.45. The van der Waals surface area contributed by atoms with E-state index in [9.17, 15) is 13.5 Å². The Labute approximate surface area is 167 Å². The van der Waals surface area contributed by atoms with Gasteiger partial charge in [-0.15, -0.1) is 0 Å². The lowest BCUT2D eigenvalue weighted by molar-refractivity contribution is 0.0672. The maximum absolute atomic E-state index is 11.3. The van der Waals surface area contributed by atoms with Crippen LogP contribution in [0.2, 0.25) is 0 Å². The monoisotopic (exact) mass is 413 g/mol. The van der Waals surface area contributed by atoms with Crippen molar-refractivity contribution in [3.63, 3.8) is 0 Å². The van der Waals surface area contributed by atoms with Crippen molar-refractivity contribution in [2.24, 2.45) is 5.14 Å². The van der Waals surface area contributed by atoms with Crippen LogP contribution in [0.1, 0.15) is 26.7 Å². The molecule has 0 amide bonds. The lowest BCUT2D eigenvalue weighted by Crippen LogP contribution is -2.47. The molecule has 6 nitrogen and oxygen atoms in total. The number of nitrogens with one attached hydrogen (secondary N) is 1. The van der Waals surface area contributed by atoms with E-state index in [1.165, 1.54) is 6.08 Å². The van der Waals surface area contributed by atoms with Crippen molar-refractivity contribution in [3.05, 3.63) is 71.5 Å². The van der Waals surface area contributed by atoms with Gasteiger partial charge < -0.3 is 10.1 Å². The Morgan fingerprint density at radius 3 is 2.74 bits per heavy atom. The van der Waals surface area contributed by atoms with Crippen LogP contribution in [0, 0.1) is 0 Å². The fourth-order valence-corrected chi connectivity index (χ4v) is 3.29. The summed E-state index contributed by atoms with van der Waals surface area (Å²) in [4.78, 5) is 0. The van der Waals surface area contributed by atoms with Gasteiger partial charge in [-0.3, -0.25) is 0 Å². The number of sulfonamides is 1. The van der Waals surface area contributed by atoms with Crippen LogP contribution < -0.4 is 10.6 Å². The SMILES string of the molecule is C=CC1=C(/C=C\C)CC(C)N1NC(O)/C(=C/CS(N)(=O)=O)C/C=C\C(=C)Cl. The molecule has 0 fully saturated rings. The van der Waals surface area contributed by atoms with E-state index in [1.807, 2.05) is 31.0 Å². The molecular formula is C19H28ClN3O3S. The highest BCUT2D eigenvalue weighted by Crippen LogP contribution is 2.29. The van der Waals surface area contributed by atoms with Crippen molar-refractivity contribution < 1.29 is 13.5 Å². The predicted octanol–water partition coefficient (Wildman–Crippen LogP) is 2.83. The van der Waals surface area contributed by atoms with Crippen LogP contribution >= 0.6 is 11.6 Å². The molecule has 0 spiro atoms. The van der Waals surface area contributed by atoms with Gasteiger partial charge in [-0.1, -0.05) is 49.1 Å². The summed E-state index contributed by atoms with van der Waals surface area (Å²) in [7, 11) is -3.69. The number of nitrogens with two attached hydrogens (primary N) is 1. The third kappa shape index (κ3) is 7.86. The second kappa shape index (κ2) is 10.6. The Bertz CT molecular complexity index is 782. The highest BCUT2D eigenvalue weighted by molar-refractivity contribution is 7.89. The summed E-state index contributed by atoms with van der Waals surface area (Å²) >= 11 is 5.70. The van der Waals surface area contributed by atoms with Crippen LogP contribution in [0.5, 0.6) is 0 Å². The highest BCUT2D eigenvalue weighted by atomic mass is 35.5. The Morgan fingerprint density at radius 2 is 2.22 bits per heavy atom. The average Bonchev–Trinajstić information content (AvgIpc) is 2.84. The highest BCUT2D eigenvalue weighted by Gasteiger charge is 2.28. The van der Waals surface area contributed by atoms with Gasteiger partial charge in [0, 0.05) is 11.1 Å². The molecule has 0 aromatic heterocycles. The van der Waals surface area contributed by atoms with Crippen LogP contribution in [0.3, 0.4) is 0 Å². The molecule has 1 aliphatic heterocycles. The first-order valence-electron chi connectivity index (χ1n) is 8.51. The molecule has 1 rings (SSSR count). The van der Waals surface area contributed by atoms with Gasteiger partial charge in [-0.2, -0.15) is 0 Å². The number of aliphatic hydroxyl groups excluding tert-OH is 1. The molecule has 27 heavy (non-hydrogen) atoms. The van der Waals surface area contributed by atoms with Crippen LogP contribution in [0.25, 0.3) is 0 Å². The lowest BCUT2D eigenvalue weighted by Gasteiger charge is -2.30. The zero-order valence-corrected chi connectivity index (χ0v) is 17.3. The second-order valence-electron chi connectivity index (χ2n) is 6.23. The van der Waals surface area contributed by atoms with Gasteiger partial charge in [0.2, 0.25) is 10.0 Å². The van der Waals surface area contributed by atoms with Crippen LogP contribution in [-0.2, 0) is 10.0 Å². The number of primary sulfonamides is 1. The van der Waals surface area contributed by atoms with Gasteiger partial charge in [0.25, 0.3) is 0 Å². The van der Waals surface area contributed by atoms with Crippen molar-refractivity contribution in [2.45, 2.75) is 39.0 Å². The van der Waals surface area contributed by atoms with Gasteiger partial charge in [0.05, 0.1) is 11.4 Å². The standard InChI is InChI=1S/C19H28ClN3O3S/c1-5-8-17-13-15(4)23(18(17)6-2)22-19(24)16(10-7-9-14(3)20)11-12-27(21,25)26/h5-9,11,15,19,22,24H,2-3,10,12-13H2,1,4H3,(H2,21,25,26)/b8-5-,9-7-,16-11+. The van der Waals surface area contributed by atoms with E-state index >= 15 is 0 Å². The minimum Gasteiger partial charge on any atom is -0.373 e. The molecule has 2 unspecified atom stereocenters. The summed E-state index contributed by atoms with van der Waals surface area (Å²) in [6.45, 7) is 11.4. The minimum absolute atomic E-state index is 0.0940. The predicted molar refractivity (Wildman–Crippen MR) is 112 cm³/mol. The van der Waals surface area contributed by atoms with E-state index in [0.29, 0.717) is 10.6 Å². The Kier molecular flexibility index (Phi) is 9.21. The van der Waals surface area contributed by atoms with Crippen molar-refractivity contribution in [1.82, 2.24) is 10.4 Å².